The zero-order chi connectivity index (χ0) is 15.2. The van der Waals surface area contributed by atoms with Crippen LogP contribution in [0.1, 0.15) is 29.5 Å². The van der Waals surface area contributed by atoms with E-state index in [0.29, 0.717) is 25.7 Å². The topological polar surface area (TPSA) is 41.6 Å². The Bertz CT molecular complexity index is 490. The average Bonchev–Trinajstić information content (AvgIpc) is 3.29. The van der Waals surface area contributed by atoms with E-state index in [-0.39, 0.29) is 18.3 Å². The molecule has 0 unspecified atom stereocenters. The molecule has 1 aliphatic carbocycles. The predicted octanol–water partition coefficient (Wildman–Crippen LogP) is 2.45. The van der Waals surface area contributed by atoms with Gasteiger partial charge in [-0.2, -0.15) is 0 Å². The predicted molar refractivity (Wildman–Crippen MR) is 91.5 cm³/mol. The molecular formula is C17H27ClN2O2. The summed E-state index contributed by atoms with van der Waals surface area (Å²) in [7, 11) is 1.67. The third kappa shape index (κ3) is 5.59. The van der Waals surface area contributed by atoms with Crippen LogP contribution >= 0.6 is 12.4 Å². The SMILES string of the molecule is COCCNCC(=O)N(Cc1ccc(C)c(C)c1)C1CC1.Cl. The molecular weight excluding hydrogens is 300 g/mol. The first-order chi connectivity index (χ1) is 10.1. The lowest BCUT2D eigenvalue weighted by Crippen LogP contribution is -2.40. The first-order valence-electron chi connectivity index (χ1n) is 7.67. The molecule has 1 aromatic carbocycles. The number of nitrogens with zero attached hydrogens (tertiary/aromatic N) is 1. The van der Waals surface area contributed by atoms with E-state index in [1.165, 1.54) is 16.7 Å². The van der Waals surface area contributed by atoms with Crippen LogP contribution in [0.3, 0.4) is 0 Å². The molecule has 1 aromatic rings. The second-order valence-corrected chi connectivity index (χ2v) is 5.84. The van der Waals surface area contributed by atoms with E-state index in [4.69, 9.17) is 4.74 Å². The van der Waals surface area contributed by atoms with E-state index in [1.807, 2.05) is 4.90 Å². The van der Waals surface area contributed by atoms with Crippen molar-refractivity contribution in [2.45, 2.75) is 39.3 Å². The van der Waals surface area contributed by atoms with Crippen molar-refractivity contribution >= 4 is 18.3 Å². The zero-order valence-electron chi connectivity index (χ0n) is 13.7. The largest absolute Gasteiger partial charge is 0.383 e. The fourth-order valence-electron chi connectivity index (χ4n) is 2.38. The fraction of sp³-hybridized carbons (Fsp3) is 0.588. The van der Waals surface area contributed by atoms with Crippen molar-refractivity contribution in [2.24, 2.45) is 0 Å². The number of rotatable bonds is 8. The van der Waals surface area contributed by atoms with Gasteiger partial charge in [-0.05, 0) is 43.4 Å². The highest BCUT2D eigenvalue weighted by molar-refractivity contribution is 5.85. The Morgan fingerprint density at radius 1 is 1.32 bits per heavy atom. The maximum Gasteiger partial charge on any atom is 0.237 e. The number of hydrogen-bond donors (Lipinski definition) is 1. The normalized spacial score (nSPS) is 13.6. The monoisotopic (exact) mass is 326 g/mol. The number of carbonyl (C=O) groups is 1. The van der Waals surface area contributed by atoms with E-state index < -0.39 is 0 Å². The molecule has 0 atom stereocenters. The third-order valence-corrected chi connectivity index (χ3v) is 3.99. The Labute approximate surface area is 139 Å². The molecule has 1 fully saturated rings. The van der Waals surface area contributed by atoms with Gasteiger partial charge in [0.15, 0.2) is 0 Å². The molecule has 0 radical (unpaired) electrons. The Kier molecular flexibility index (Phi) is 7.87. The minimum absolute atomic E-state index is 0. The highest BCUT2D eigenvalue weighted by atomic mass is 35.5. The first kappa shape index (κ1) is 18.9. The highest BCUT2D eigenvalue weighted by Gasteiger charge is 2.32. The summed E-state index contributed by atoms with van der Waals surface area (Å²) < 4.78 is 4.98. The Morgan fingerprint density at radius 3 is 2.64 bits per heavy atom. The number of hydrogen-bond acceptors (Lipinski definition) is 3. The molecule has 0 aromatic heterocycles. The molecule has 124 valence electrons. The van der Waals surface area contributed by atoms with Gasteiger partial charge >= 0.3 is 0 Å². The summed E-state index contributed by atoms with van der Waals surface area (Å²) in [6.45, 7) is 6.69. The van der Waals surface area contributed by atoms with Gasteiger partial charge in [-0.25, -0.2) is 0 Å². The maximum absolute atomic E-state index is 12.4. The lowest BCUT2D eigenvalue weighted by molar-refractivity contribution is -0.131. The molecule has 0 bridgehead atoms. The van der Waals surface area contributed by atoms with Crippen molar-refractivity contribution in [3.05, 3.63) is 34.9 Å². The van der Waals surface area contributed by atoms with Crippen molar-refractivity contribution in [3.8, 4) is 0 Å². The van der Waals surface area contributed by atoms with Gasteiger partial charge in [0.05, 0.1) is 13.2 Å². The van der Waals surface area contributed by atoms with Gasteiger partial charge < -0.3 is 15.0 Å². The Balaban J connectivity index is 0.00000242. The summed E-state index contributed by atoms with van der Waals surface area (Å²) in [4.78, 5) is 14.4. The minimum atomic E-state index is 0. The van der Waals surface area contributed by atoms with Crippen LogP contribution in [-0.4, -0.2) is 43.7 Å². The third-order valence-electron chi connectivity index (χ3n) is 3.99. The van der Waals surface area contributed by atoms with Gasteiger partial charge in [-0.1, -0.05) is 18.2 Å². The average molecular weight is 327 g/mol. The van der Waals surface area contributed by atoms with Gasteiger partial charge in [-0.15, -0.1) is 12.4 Å². The summed E-state index contributed by atoms with van der Waals surface area (Å²) in [6.07, 6.45) is 2.27. The number of halogens is 1. The minimum Gasteiger partial charge on any atom is -0.383 e. The number of amides is 1. The summed E-state index contributed by atoms with van der Waals surface area (Å²) in [5.74, 6) is 0.187. The quantitative estimate of drug-likeness (QED) is 0.746. The smallest absolute Gasteiger partial charge is 0.237 e. The molecule has 1 aliphatic rings. The van der Waals surface area contributed by atoms with E-state index >= 15 is 0 Å². The summed E-state index contributed by atoms with van der Waals surface area (Å²) in [5, 5.41) is 3.14. The molecule has 1 amide bonds. The van der Waals surface area contributed by atoms with Gasteiger partial charge in [0, 0.05) is 26.2 Å². The lowest BCUT2D eigenvalue weighted by atomic mass is 10.1. The molecule has 22 heavy (non-hydrogen) atoms. The van der Waals surface area contributed by atoms with Crippen molar-refractivity contribution in [1.29, 1.82) is 0 Å². The number of methoxy groups -OCH3 is 1. The molecule has 0 aliphatic heterocycles. The van der Waals surface area contributed by atoms with E-state index in [0.717, 1.165) is 19.4 Å². The molecule has 0 heterocycles. The first-order valence-corrected chi connectivity index (χ1v) is 7.67. The van der Waals surface area contributed by atoms with Crippen LogP contribution < -0.4 is 5.32 Å². The van der Waals surface area contributed by atoms with Crippen molar-refractivity contribution in [2.75, 3.05) is 26.8 Å². The van der Waals surface area contributed by atoms with Gasteiger partial charge in [0.25, 0.3) is 0 Å². The Hall–Kier alpha value is -1.10. The summed E-state index contributed by atoms with van der Waals surface area (Å²) in [5.41, 5.74) is 3.80. The maximum atomic E-state index is 12.4. The zero-order valence-corrected chi connectivity index (χ0v) is 14.5. The van der Waals surface area contributed by atoms with Crippen LogP contribution in [0.2, 0.25) is 0 Å². The van der Waals surface area contributed by atoms with Crippen molar-refractivity contribution in [3.63, 3.8) is 0 Å². The fourth-order valence-corrected chi connectivity index (χ4v) is 2.38. The van der Waals surface area contributed by atoms with E-state index in [9.17, 15) is 4.79 Å². The number of carbonyl (C=O) groups excluding carboxylic acids is 1. The summed E-state index contributed by atoms with van der Waals surface area (Å²) in [6, 6.07) is 6.89. The molecule has 1 saturated carbocycles. The van der Waals surface area contributed by atoms with E-state index in [1.54, 1.807) is 7.11 Å². The standard InChI is InChI=1S/C17H26N2O2.ClH/c1-13-4-5-15(10-14(13)2)12-19(16-6-7-16)17(20)11-18-8-9-21-3;/h4-5,10,16,18H,6-9,11-12H2,1-3H3;1H. The number of nitrogens with one attached hydrogen (secondary N) is 1. The summed E-state index contributed by atoms with van der Waals surface area (Å²) >= 11 is 0. The van der Waals surface area contributed by atoms with Gasteiger partial charge in [-0.3, -0.25) is 4.79 Å². The van der Waals surface area contributed by atoms with Crippen LogP contribution in [0, 0.1) is 13.8 Å². The van der Waals surface area contributed by atoms with Crippen LogP contribution in [0.5, 0.6) is 0 Å². The number of benzene rings is 1. The second-order valence-electron chi connectivity index (χ2n) is 5.84. The lowest BCUT2D eigenvalue weighted by Gasteiger charge is -2.23. The van der Waals surface area contributed by atoms with Gasteiger partial charge in [0.2, 0.25) is 5.91 Å². The van der Waals surface area contributed by atoms with Crippen LogP contribution in [0.25, 0.3) is 0 Å². The molecule has 0 saturated heterocycles. The molecule has 5 heteroatoms. The van der Waals surface area contributed by atoms with Crippen molar-refractivity contribution < 1.29 is 9.53 Å². The number of aryl methyl sites for hydroxylation is 2. The Morgan fingerprint density at radius 2 is 2.05 bits per heavy atom. The van der Waals surface area contributed by atoms with Crippen molar-refractivity contribution in [1.82, 2.24) is 10.2 Å². The van der Waals surface area contributed by atoms with Crippen LogP contribution in [0.15, 0.2) is 18.2 Å². The van der Waals surface area contributed by atoms with Gasteiger partial charge in [0.1, 0.15) is 0 Å². The molecule has 4 nitrogen and oxygen atoms in total. The molecule has 1 N–H and O–H groups in total. The second kappa shape index (κ2) is 9.13. The molecule has 0 spiro atoms. The van der Waals surface area contributed by atoms with Crippen LogP contribution in [0.4, 0.5) is 0 Å². The van der Waals surface area contributed by atoms with Crippen LogP contribution in [-0.2, 0) is 16.1 Å². The highest BCUT2D eigenvalue weighted by Crippen LogP contribution is 2.28. The van der Waals surface area contributed by atoms with E-state index in [2.05, 4.69) is 37.4 Å². The number of ether oxygens (including phenoxy) is 1. The molecule has 2 rings (SSSR count).